The van der Waals surface area contributed by atoms with E-state index in [1.807, 2.05) is 24.3 Å². The molecule has 1 amide bonds. The molecule has 106 valence electrons. The van der Waals surface area contributed by atoms with Gasteiger partial charge in [0.1, 0.15) is 0 Å². The minimum atomic E-state index is 0.112. The van der Waals surface area contributed by atoms with Gasteiger partial charge in [-0.15, -0.1) is 0 Å². The van der Waals surface area contributed by atoms with Gasteiger partial charge in [-0.25, -0.2) is 0 Å². The van der Waals surface area contributed by atoms with Crippen LogP contribution < -0.4 is 5.32 Å². The maximum atomic E-state index is 12.0. The fourth-order valence-corrected chi connectivity index (χ4v) is 3.10. The van der Waals surface area contributed by atoms with Gasteiger partial charge < -0.3 is 5.32 Å². The van der Waals surface area contributed by atoms with Crippen LogP contribution in [-0.2, 0) is 11.2 Å². The quantitative estimate of drug-likeness (QED) is 0.914. The van der Waals surface area contributed by atoms with Gasteiger partial charge in [-0.1, -0.05) is 34.1 Å². The Kier molecular flexibility index (Phi) is 5.60. The highest BCUT2D eigenvalue weighted by Gasteiger charge is 2.21. The first-order valence-electron chi connectivity index (χ1n) is 7.11. The molecular formula is C16H19BrN2O. The Bertz CT molecular complexity index is 501. The third kappa shape index (κ3) is 4.35. The molecule has 1 aromatic carbocycles. The molecule has 3 nitrogen and oxygen atoms in total. The molecule has 1 aromatic rings. The largest absolute Gasteiger partial charge is 0.353 e. The molecule has 1 fully saturated rings. The van der Waals surface area contributed by atoms with Crippen molar-refractivity contribution in [1.82, 2.24) is 5.32 Å². The van der Waals surface area contributed by atoms with Gasteiger partial charge in [-0.2, -0.15) is 5.26 Å². The lowest BCUT2D eigenvalue weighted by molar-refractivity contribution is -0.122. The molecule has 0 spiro atoms. The average Bonchev–Trinajstić information content (AvgIpc) is 2.47. The van der Waals surface area contributed by atoms with Crippen LogP contribution in [0.2, 0.25) is 0 Å². The molecule has 0 bridgehead atoms. The van der Waals surface area contributed by atoms with Gasteiger partial charge in [0.25, 0.3) is 0 Å². The van der Waals surface area contributed by atoms with Crippen LogP contribution >= 0.6 is 15.9 Å². The summed E-state index contributed by atoms with van der Waals surface area (Å²) in [5, 5.41) is 11.9. The van der Waals surface area contributed by atoms with Crippen molar-refractivity contribution >= 4 is 21.8 Å². The van der Waals surface area contributed by atoms with E-state index in [1.54, 1.807) is 0 Å². The first-order chi connectivity index (χ1) is 9.69. The number of hydrogen-bond donors (Lipinski definition) is 1. The number of hydrogen-bond acceptors (Lipinski definition) is 2. The summed E-state index contributed by atoms with van der Waals surface area (Å²) < 4.78 is 1.06. The third-order valence-corrected chi connectivity index (χ3v) is 4.63. The van der Waals surface area contributed by atoms with E-state index in [-0.39, 0.29) is 17.9 Å². The number of nitriles is 1. The van der Waals surface area contributed by atoms with Crippen LogP contribution in [0.4, 0.5) is 0 Å². The molecule has 0 aromatic heterocycles. The molecule has 1 saturated carbocycles. The minimum Gasteiger partial charge on any atom is -0.353 e. The Morgan fingerprint density at radius 2 is 2.00 bits per heavy atom. The number of amides is 1. The van der Waals surface area contributed by atoms with Gasteiger partial charge in [0.15, 0.2) is 0 Å². The molecule has 4 heteroatoms. The fraction of sp³-hybridized carbons (Fsp3) is 0.500. The van der Waals surface area contributed by atoms with E-state index in [9.17, 15) is 4.79 Å². The standard InChI is InChI=1S/C16H19BrN2O/c17-15-4-2-1-3-13(15)7-10-16(20)19-14-8-5-12(11-18)6-9-14/h1-4,12,14H,5-10H2,(H,19,20). The first-order valence-corrected chi connectivity index (χ1v) is 7.90. The van der Waals surface area contributed by atoms with Crippen LogP contribution in [0, 0.1) is 17.2 Å². The summed E-state index contributed by atoms with van der Waals surface area (Å²) in [6, 6.07) is 10.6. The zero-order chi connectivity index (χ0) is 14.4. The van der Waals surface area contributed by atoms with Gasteiger partial charge >= 0.3 is 0 Å². The van der Waals surface area contributed by atoms with Crippen molar-refractivity contribution in [3.05, 3.63) is 34.3 Å². The molecule has 1 aliphatic carbocycles. The van der Waals surface area contributed by atoms with Crippen LogP contribution in [-0.4, -0.2) is 11.9 Å². The molecule has 1 aliphatic rings. The maximum Gasteiger partial charge on any atom is 0.220 e. The second kappa shape index (κ2) is 7.44. The zero-order valence-corrected chi connectivity index (χ0v) is 13.0. The van der Waals surface area contributed by atoms with E-state index in [2.05, 4.69) is 27.3 Å². The highest BCUT2D eigenvalue weighted by molar-refractivity contribution is 9.10. The summed E-state index contributed by atoms with van der Waals surface area (Å²) in [5.41, 5.74) is 1.16. The normalized spacial score (nSPS) is 22.0. The molecule has 2 rings (SSSR count). The fourth-order valence-electron chi connectivity index (χ4n) is 2.62. The summed E-state index contributed by atoms with van der Waals surface area (Å²) >= 11 is 3.50. The van der Waals surface area contributed by atoms with Gasteiger partial charge in [0, 0.05) is 22.9 Å². The Hall–Kier alpha value is -1.34. The number of halogens is 1. The molecule has 0 radical (unpaired) electrons. The van der Waals surface area contributed by atoms with Crippen LogP contribution in [0.25, 0.3) is 0 Å². The minimum absolute atomic E-state index is 0.112. The molecule has 20 heavy (non-hydrogen) atoms. The monoisotopic (exact) mass is 334 g/mol. The molecule has 0 saturated heterocycles. The number of nitrogens with zero attached hydrogens (tertiary/aromatic N) is 1. The van der Waals surface area contributed by atoms with E-state index >= 15 is 0 Å². The number of rotatable bonds is 4. The summed E-state index contributed by atoms with van der Waals surface area (Å²) in [4.78, 5) is 12.0. The lowest BCUT2D eigenvalue weighted by Gasteiger charge is -2.25. The molecule has 0 heterocycles. The van der Waals surface area contributed by atoms with Crippen molar-refractivity contribution in [2.24, 2.45) is 5.92 Å². The Morgan fingerprint density at radius 1 is 1.30 bits per heavy atom. The highest BCUT2D eigenvalue weighted by atomic mass is 79.9. The SMILES string of the molecule is N#CC1CCC(NC(=O)CCc2ccccc2Br)CC1. The van der Waals surface area contributed by atoms with Crippen molar-refractivity contribution < 1.29 is 4.79 Å². The number of carbonyl (C=O) groups excluding carboxylic acids is 1. The number of aryl methyl sites for hydroxylation is 1. The Morgan fingerprint density at radius 3 is 2.65 bits per heavy atom. The summed E-state index contributed by atoms with van der Waals surface area (Å²) in [7, 11) is 0. The van der Waals surface area contributed by atoms with Crippen molar-refractivity contribution in [1.29, 1.82) is 5.26 Å². The predicted octanol–water partition coefficient (Wildman–Crippen LogP) is 3.58. The van der Waals surface area contributed by atoms with Crippen molar-refractivity contribution in [2.45, 2.75) is 44.6 Å². The summed E-state index contributed by atoms with van der Waals surface area (Å²) in [6.45, 7) is 0. The van der Waals surface area contributed by atoms with Crippen molar-refractivity contribution in [3.8, 4) is 6.07 Å². The predicted molar refractivity (Wildman–Crippen MR) is 82.0 cm³/mol. The van der Waals surface area contributed by atoms with E-state index in [0.29, 0.717) is 6.42 Å². The van der Waals surface area contributed by atoms with Gasteiger partial charge in [-0.3, -0.25) is 4.79 Å². The second-order valence-corrected chi connectivity index (χ2v) is 6.19. The third-order valence-electron chi connectivity index (χ3n) is 3.85. The zero-order valence-electron chi connectivity index (χ0n) is 11.4. The summed E-state index contributed by atoms with van der Waals surface area (Å²) in [6.07, 6.45) is 4.94. The lowest BCUT2D eigenvalue weighted by Crippen LogP contribution is -2.37. The Balaban J connectivity index is 1.74. The maximum absolute atomic E-state index is 12.0. The van der Waals surface area contributed by atoms with E-state index in [0.717, 1.165) is 42.1 Å². The lowest BCUT2D eigenvalue weighted by atomic mass is 9.87. The number of nitrogens with one attached hydrogen (secondary N) is 1. The summed E-state index contributed by atoms with van der Waals surface area (Å²) in [5.74, 6) is 0.296. The van der Waals surface area contributed by atoms with Crippen LogP contribution in [0.3, 0.4) is 0 Å². The van der Waals surface area contributed by atoms with Crippen molar-refractivity contribution in [2.75, 3.05) is 0 Å². The topological polar surface area (TPSA) is 52.9 Å². The molecule has 0 unspecified atom stereocenters. The van der Waals surface area contributed by atoms with E-state index in [4.69, 9.17) is 5.26 Å². The average molecular weight is 335 g/mol. The second-order valence-electron chi connectivity index (χ2n) is 5.34. The smallest absolute Gasteiger partial charge is 0.220 e. The van der Waals surface area contributed by atoms with Crippen LogP contribution in [0.5, 0.6) is 0 Å². The van der Waals surface area contributed by atoms with Crippen LogP contribution in [0.1, 0.15) is 37.7 Å². The first kappa shape index (κ1) is 15.1. The van der Waals surface area contributed by atoms with Crippen molar-refractivity contribution in [3.63, 3.8) is 0 Å². The molecular weight excluding hydrogens is 316 g/mol. The van der Waals surface area contributed by atoms with Gasteiger partial charge in [-0.05, 0) is 43.7 Å². The molecule has 1 N–H and O–H groups in total. The molecule has 0 atom stereocenters. The van der Waals surface area contributed by atoms with Gasteiger partial charge in [0.05, 0.1) is 6.07 Å². The number of benzene rings is 1. The van der Waals surface area contributed by atoms with E-state index < -0.39 is 0 Å². The Labute approximate surface area is 128 Å². The van der Waals surface area contributed by atoms with E-state index in [1.165, 1.54) is 0 Å². The van der Waals surface area contributed by atoms with Gasteiger partial charge in [0.2, 0.25) is 5.91 Å². The highest BCUT2D eigenvalue weighted by Crippen LogP contribution is 2.23. The number of carbonyl (C=O) groups is 1. The molecule has 0 aliphatic heterocycles. The van der Waals surface area contributed by atoms with Crippen LogP contribution in [0.15, 0.2) is 28.7 Å².